The molecule has 232 valence electrons. The van der Waals surface area contributed by atoms with Crippen molar-refractivity contribution in [2.75, 3.05) is 39.9 Å². The fourth-order valence-electron chi connectivity index (χ4n) is 7.41. The predicted octanol–water partition coefficient (Wildman–Crippen LogP) is 2.38. The summed E-state index contributed by atoms with van der Waals surface area (Å²) in [6.45, 7) is 6.79. The zero-order valence-electron chi connectivity index (χ0n) is 25.5. The average Bonchev–Trinajstić information content (AvgIpc) is 3.41. The van der Waals surface area contributed by atoms with Crippen LogP contribution in [0.2, 0.25) is 0 Å². The normalized spacial score (nSPS) is 27.7. The van der Waals surface area contributed by atoms with E-state index >= 15 is 0 Å². The van der Waals surface area contributed by atoms with Crippen molar-refractivity contribution in [3.8, 4) is 5.75 Å². The third-order valence-electron chi connectivity index (χ3n) is 9.70. The van der Waals surface area contributed by atoms with Crippen LogP contribution in [0.3, 0.4) is 0 Å². The highest BCUT2D eigenvalue weighted by molar-refractivity contribution is 5.93. The number of amides is 3. The minimum Gasteiger partial charge on any atom is -0.493 e. The smallest absolute Gasteiger partial charge is 0.246 e. The van der Waals surface area contributed by atoms with Crippen molar-refractivity contribution in [1.82, 2.24) is 25.8 Å². The van der Waals surface area contributed by atoms with Gasteiger partial charge < -0.3 is 30.3 Å². The van der Waals surface area contributed by atoms with Crippen molar-refractivity contribution >= 4 is 17.7 Å². The Morgan fingerprint density at radius 2 is 1.83 bits per heavy atom. The number of nitrogens with one attached hydrogen (secondary N) is 3. The lowest BCUT2D eigenvalue weighted by Crippen LogP contribution is -2.66. The second kappa shape index (κ2) is 14.2. The summed E-state index contributed by atoms with van der Waals surface area (Å²) >= 11 is 0. The molecule has 3 heterocycles. The highest BCUT2D eigenvalue weighted by Crippen LogP contribution is 2.34. The maximum Gasteiger partial charge on any atom is 0.246 e. The quantitative estimate of drug-likeness (QED) is 0.388. The van der Waals surface area contributed by atoms with Gasteiger partial charge in [-0.1, -0.05) is 44.4 Å². The number of benzene rings is 1. The lowest BCUT2D eigenvalue weighted by atomic mass is 9.82. The van der Waals surface area contributed by atoms with Crippen LogP contribution in [0.4, 0.5) is 0 Å². The summed E-state index contributed by atoms with van der Waals surface area (Å²) in [7, 11) is 1.77. The Hall–Kier alpha value is -2.69. The topological polar surface area (TPSA) is 112 Å². The molecule has 3 aliphatic heterocycles. The van der Waals surface area contributed by atoms with Gasteiger partial charge in [-0.25, -0.2) is 0 Å². The number of carbonyl (C=O) groups is 3. The van der Waals surface area contributed by atoms with Crippen molar-refractivity contribution in [1.29, 1.82) is 0 Å². The third kappa shape index (κ3) is 6.76. The van der Waals surface area contributed by atoms with Crippen LogP contribution >= 0.6 is 0 Å². The van der Waals surface area contributed by atoms with E-state index in [0.717, 1.165) is 56.4 Å². The van der Waals surface area contributed by atoms with Gasteiger partial charge in [-0.05, 0) is 51.6 Å². The molecule has 3 N–H and O–H groups in total. The highest BCUT2D eigenvalue weighted by atomic mass is 16.5. The molecule has 1 aromatic rings. The monoisotopic (exact) mass is 583 g/mol. The molecule has 0 spiro atoms. The second-order valence-electron chi connectivity index (χ2n) is 12.3. The van der Waals surface area contributed by atoms with Crippen molar-refractivity contribution in [2.24, 2.45) is 5.92 Å². The molecule has 1 aliphatic carbocycles. The van der Waals surface area contributed by atoms with E-state index < -0.39 is 12.1 Å². The van der Waals surface area contributed by atoms with E-state index in [4.69, 9.17) is 9.47 Å². The van der Waals surface area contributed by atoms with Crippen LogP contribution < -0.4 is 20.7 Å². The number of hydrogen-bond donors (Lipinski definition) is 3. The first-order chi connectivity index (χ1) is 20.4. The molecule has 0 unspecified atom stereocenters. The van der Waals surface area contributed by atoms with Crippen molar-refractivity contribution < 1.29 is 23.9 Å². The van der Waals surface area contributed by atoms with Crippen LogP contribution in [-0.2, 0) is 19.1 Å². The molecule has 4 aliphatic rings. The van der Waals surface area contributed by atoms with E-state index in [-0.39, 0.29) is 47.9 Å². The molecule has 42 heavy (non-hydrogen) atoms. The molecule has 10 heteroatoms. The summed E-state index contributed by atoms with van der Waals surface area (Å²) in [4.78, 5) is 46.1. The number of hydrogen-bond acceptors (Lipinski definition) is 7. The van der Waals surface area contributed by atoms with Crippen LogP contribution in [0.25, 0.3) is 0 Å². The number of nitrogens with zero attached hydrogens (tertiary/aromatic N) is 2. The predicted molar refractivity (Wildman–Crippen MR) is 160 cm³/mol. The Morgan fingerprint density at radius 1 is 1.05 bits per heavy atom. The summed E-state index contributed by atoms with van der Waals surface area (Å²) in [5.41, 5.74) is 0.964. The number of ether oxygens (including phenoxy) is 2. The number of rotatable bonds is 10. The molecule has 6 atom stereocenters. The highest BCUT2D eigenvalue weighted by Gasteiger charge is 2.47. The standard InChI is InChI=1S/C32H49N5O5/c1-4-25(33-3)30(38)35-29(21-11-7-6-8-12-21)32(40)37-18-22-17-23(41-5-2)19-36(22)20-27(37)31(39)34-26-15-16-42-28-14-10-9-13-24(26)28/h9-10,13-14,21-23,25-27,29,33H,4-8,11-12,15-20H2,1-3H3,(H,34,39)(H,35,38)/t22-,23-,25+,26-,27+,29+/m1/s1. The summed E-state index contributed by atoms with van der Waals surface area (Å²) in [6, 6.07) is 6.10. The summed E-state index contributed by atoms with van der Waals surface area (Å²) < 4.78 is 11.8. The van der Waals surface area contributed by atoms with Crippen LogP contribution in [0.5, 0.6) is 5.75 Å². The molecule has 5 rings (SSSR count). The molecule has 10 nitrogen and oxygen atoms in total. The Morgan fingerprint density at radius 3 is 2.57 bits per heavy atom. The molecule has 1 saturated carbocycles. The molecule has 3 fully saturated rings. The Labute approximate surface area is 250 Å². The van der Waals surface area contributed by atoms with Gasteiger partial charge in [-0.15, -0.1) is 0 Å². The van der Waals surface area contributed by atoms with Crippen LogP contribution in [0, 0.1) is 5.92 Å². The minimum atomic E-state index is -0.654. The van der Waals surface area contributed by atoms with Gasteiger partial charge in [-0.2, -0.15) is 0 Å². The number of carbonyl (C=O) groups excluding carboxylic acids is 3. The summed E-state index contributed by atoms with van der Waals surface area (Å²) in [5, 5.41) is 9.50. The van der Waals surface area contributed by atoms with Gasteiger partial charge in [0.2, 0.25) is 17.7 Å². The third-order valence-corrected chi connectivity index (χ3v) is 9.70. The van der Waals surface area contributed by atoms with E-state index in [9.17, 15) is 14.4 Å². The van der Waals surface area contributed by atoms with Crippen LogP contribution in [0.15, 0.2) is 24.3 Å². The van der Waals surface area contributed by atoms with E-state index in [0.29, 0.717) is 39.1 Å². The Kier molecular flexibility index (Phi) is 10.4. The first-order valence-electron chi connectivity index (χ1n) is 16.1. The SMILES string of the molecule is CCO[C@@H]1C[C@@H]2CN(C(=O)[C@@H](NC(=O)[C@H](CC)NC)C3CCCCC3)[C@H](C(=O)N[C@@H]3CCOc4ccccc43)CN2C1. The van der Waals surface area contributed by atoms with Gasteiger partial charge in [-0.3, -0.25) is 19.3 Å². The van der Waals surface area contributed by atoms with Crippen molar-refractivity contribution in [2.45, 2.75) is 102 Å². The molecule has 0 radical (unpaired) electrons. The zero-order chi connectivity index (χ0) is 29.6. The first kappa shape index (κ1) is 30.8. The second-order valence-corrected chi connectivity index (χ2v) is 12.3. The minimum absolute atomic E-state index is 0.0634. The largest absolute Gasteiger partial charge is 0.493 e. The van der Waals surface area contributed by atoms with E-state index in [1.807, 2.05) is 38.1 Å². The van der Waals surface area contributed by atoms with E-state index in [1.165, 1.54) is 0 Å². The van der Waals surface area contributed by atoms with Crippen LogP contribution in [0.1, 0.15) is 76.8 Å². The zero-order valence-corrected chi connectivity index (χ0v) is 25.5. The molecule has 0 aromatic heterocycles. The number of piperazine rings is 1. The first-order valence-corrected chi connectivity index (χ1v) is 16.1. The van der Waals surface area contributed by atoms with E-state index in [2.05, 4.69) is 20.9 Å². The lowest BCUT2D eigenvalue weighted by molar-refractivity contribution is -0.149. The maximum absolute atomic E-state index is 14.6. The molecule has 0 bridgehead atoms. The maximum atomic E-state index is 14.6. The van der Waals surface area contributed by atoms with Gasteiger partial charge in [0.1, 0.15) is 17.8 Å². The lowest BCUT2D eigenvalue weighted by Gasteiger charge is -2.45. The number of fused-ring (bicyclic) bond motifs is 2. The molecular weight excluding hydrogens is 534 g/mol. The summed E-state index contributed by atoms with van der Waals surface area (Å²) in [6.07, 6.45) is 7.28. The van der Waals surface area contributed by atoms with Gasteiger partial charge in [0.05, 0.1) is 24.8 Å². The number of likely N-dealkylation sites (N-methyl/N-ethyl adjacent to an activating group) is 1. The molecular formula is C32H49N5O5. The van der Waals surface area contributed by atoms with Gasteiger partial charge in [0, 0.05) is 44.3 Å². The van der Waals surface area contributed by atoms with Crippen molar-refractivity contribution in [3.05, 3.63) is 29.8 Å². The molecule has 2 saturated heterocycles. The van der Waals surface area contributed by atoms with Gasteiger partial charge in [0.25, 0.3) is 0 Å². The van der Waals surface area contributed by atoms with Gasteiger partial charge >= 0.3 is 0 Å². The summed E-state index contributed by atoms with van der Waals surface area (Å²) in [5.74, 6) is 0.417. The number of para-hydroxylation sites is 1. The fourth-order valence-corrected chi connectivity index (χ4v) is 7.41. The van der Waals surface area contributed by atoms with Crippen LogP contribution in [-0.4, -0.2) is 97.7 Å². The average molecular weight is 584 g/mol. The molecule has 1 aromatic carbocycles. The molecule has 3 amide bonds. The van der Waals surface area contributed by atoms with Gasteiger partial charge in [0.15, 0.2) is 0 Å². The van der Waals surface area contributed by atoms with Crippen molar-refractivity contribution in [3.63, 3.8) is 0 Å². The Bertz CT molecular complexity index is 1090. The van der Waals surface area contributed by atoms with E-state index in [1.54, 1.807) is 11.9 Å². The fraction of sp³-hybridized carbons (Fsp3) is 0.719. The Balaban J connectivity index is 1.40.